The predicted molar refractivity (Wildman–Crippen MR) is 159 cm³/mol. The average Bonchev–Trinajstić information content (AvgIpc) is 3.33. The number of hydrogen-bond donors (Lipinski definition) is 2. The highest BCUT2D eigenvalue weighted by Gasteiger charge is 2.43. The van der Waals surface area contributed by atoms with Crippen LogP contribution in [-0.4, -0.2) is 41.8 Å². The van der Waals surface area contributed by atoms with Gasteiger partial charge in [-0.05, 0) is 61.0 Å². The van der Waals surface area contributed by atoms with Crippen molar-refractivity contribution >= 4 is 17.7 Å². The van der Waals surface area contributed by atoms with Gasteiger partial charge in [0, 0.05) is 37.4 Å². The van der Waals surface area contributed by atoms with Gasteiger partial charge in [-0.1, -0.05) is 88.4 Å². The summed E-state index contributed by atoms with van der Waals surface area (Å²) in [5.74, 6) is 0.926. The summed E-state index contributed by atoms with van der Waals surface area (Å²) in [4.78, 5) is 42.0. The average molecular weight is 546 g/mol. The lowest BCUT2D eigenvalue weighted by atomic mass is 9.80. The van der Waals surface area contributed by atoms with E-state index in [0.29, 0.717) is 31.3 Å². The molecule has 2 aromatic rings. The van der Waals surface area contributed by atoms with Crippen LogP contribution in [0.2, 0.25) is 0 Å². The number of rotatable bonds is 9. The van der Waals surface area contributed by atoms with E-state index in [2.05, 4.69) is 48.7 Å². The first-order valence-corrected chi connectivity index (χ1v) is 15.2. The van der Waals surface area contributed by atoms with Gasteiger partial charge < -0.3 is 15.5 Å². The molecule has 1 heterocycles. The molecule has 6 heteroatoms. The van der Waals surface area contributed by atoms with Crippen LogP contribution < -0.4 is 10.6 Å². The van der Waals surface area contributed by atoms with E-state index in [-0.39, 0.29) is 47.6 Å². The Kier molecular flexibility index (Phi) is 10.4. The third-order valence-corrected chi connectivity index (χ3v) is 8.97. The number of amides is 3. The normalized spacial score (nSPS) is 23.7. The molecule has 3 amide bonds. The first-order valence-electron chi connectivity index (χ1n) is 15.2. The van der Waals surface area contributed by atoms with Gasteiger partial charge in [0.05, 0.1) is 6.04 Å². The van der Waals surface area contributed by atoms with Crippen LogP contribution in [-0.2, 0) is 14.4 Å². The van der Waals surface area contributed by atoms with Gasteiger partial charge in [-0.2, -0.15) is 0 Å². The third kappa shape index (κ3) is 7.52. The van der Waals surface area contributed by atoms with Crippen LogP contribution in [0.15, 0.2) is 60.7 Å². The fourth-order valence-corrected chi connectivity index (χ4v) is 6.51. The first-order chi connectivity index (χ1) is 19.3. The van der Waals surface area contributed by atoms with Crippen LogP contribution in [0.5, 0.6) is 0 Å². The smallest absolute Gasteiger partial charge is 0.224 e. The zero-order chi connectivity index (χ0) is 28.6. The number of likely N-dealkylation sites (tertiary alicyclic amines) is 1. The molecule has 2 aromatic carbocycles. The molecule has 2 N–H and O–H groups in total. The zero-order valence-electron chi connectivity index (χ0n) is 24.6. The number of carbonyl (C=O) groups excluding carboxylic acids is 3. The standard InChI is InChI=1S/C34H47N3O3/c1-5-24(4)33(39)35-28-21-30-25(18-19-37(22-28)31(38)20-23(2)3)16-17-29(30)34(40)36-32(26-12-8-6-9-13-26)27-14-10-7-11-15-27/h6-15,23-25,28-30,32H,5,16-22H2,1-4H3,(H,35,39)(H,36,40)/t24-,25?,28-,29-,30?/m1/s1. The summed E-state index contributed by atoms with van der Waals surface area (Å²) in [5, 5.41) is 6.68. The van der Waals surface area contributed by atoms with E-state index in [9.17, 15) is 14.4 Å². The number of benzene rings is 2. The molecule has 0 bridgehead atoms. The molecule has 1 aliphatic heterocycles. The van der Waals surface area contributed by atoms with Crippen molar-refractivity contribution < 1.29 is 14.4 Å². The second kappa shape index (κ2) is 14.0. The van der Waals surface area contributed by atoms with Crippen molar-refractivity contribution in [1.29, 1.82) is 0 Å². The van der Waals surface area contributed by atoms with Gasteiger partial charge in [-0.15, -0.1) is 0 Å². The Morgan fingerprint density at radius 1 is 0.900 bits per heavy atom. The van der Waals surface area contributed by atoms with Crippen molar-refractivity contribution in [2.45, 2.75) is 78.3 Å². The highest BCUT2D eigenvalue weighted by Crippen LogP contribution is 2.43. The van der Waals surface area contributed by atoms with Crippen molar-refractivity contribution in [1.82, 2.24) is 15.5 Å². The van der Waals surface area contributed by atoms with E-state index >= 15 is 0 Å². The number of carbonyl (C=O) groups is 3. The monoisotopic (exact) mass is 545 g/mol. The Morgan fingerprint density at radius 2 is 1.52 bits per heavy atom. The molecule has 6 nitrogen and oxygen atoms in total. The van der Waals surface area contributed by atoms with Crippen LogP contribution >= 0.6 is 0 Å². The second-order valence-corrected chi connectivity index (χ2v) is 12.3. The van der Waals surface area contributed by atoms with Crippen molar-refractivity contribution in [2.24, 2.45) is 29.6 Å². The van der Waals surface area contributed by atoms with Crippen LogP contribution in [0, 0.1) is 29.6 Å². The van der Waals surface area contributed by atoms with Gasteiger partial charge >= 0.3 is 0 Å². The number of fused-ring (bicyclic) bond motifs is 1. The topological polar surface area (TPSA) is 78.5 Å². The molecule has 1 aliphatic carbocycles. The van der Waals surface area contributed by atoms with E-state index in [4.69, 9.17) is 0 Å². The molecule has 2 unspecified atom stereocenters. The first kappa shape index (κ1) is 29.8. The molecule has 0 aromatic heterocycles. The van der Waals surface area contributed by atoms with Crippen LogP contribution in [0.4, 0.5) is 0 Å². The van der Waals surface area contributed by atoms with Gasteiger partial charge in [-0.3, -0.25) is 14.4 Å². The van der Waals surface area contributed by atoms with Crippen molar-refractivity contribution in [3.8, 4) is 0 Å². The summed E-state index contributed by atoms with van der Waals surface area (Å²) in [6.45, 7) is 9.30. The summed E-state index contributed by atoms with van der Waals surface area (Å²) in [6.07, 6.45) is 4.73. The highest BCUT2D eigenvalue weighted by molar-refractivity contribution is 5.81. The van der Waals surface area contributed by atoms with Gasteiger partial charge in [-0.25, -0.2) is 0 Å². The summed E-state index contributed by atoms with van der Waals surface area (Å²) >= 11 is 0. The van der Waals surface area contributed by atoms with Gasteiger partial charge in [0.25, 0.3) is 0 Å². The molecule has 216 valence electrons. The van der Waals surface area contributed by atoms with E-state index in [1.165, 1.54) is 0 Å². The molecule has 0 radical (unpaired) electrons. The molecular formula is C34H47N3O3. The Hall–Kier alpha value is -3.15. The maximum absolute atomic E-state index is 14.0. The molecule has 0 spiro atoms. The Bertz CT molecular complexity index is 1080. The van der Waals surface area contributed by atoms with E-state index in [1.54, 1.807) is 0 Å². The fourth-order valence-electron chi connectivity index (χ4n) is 6.51. The largest absolute Gasteiger partial charge is 0.351 e. The van der Waals surface area contributed by atoms with Crippen LogP contribution in [0.3, 0.4) is 0 Å². The SMILES string of the molecule is CC[C@@H](C)C(=O)N[C@@H]1CC2C(CC[C@H]2C(=O)NC(c2ccccc2)c2ccccc2)CCN(C(=O)CC(C)C)C1. The van der Waals surface area contributed by atoms with Crippen molar-refractivity contribution in [3.05, 3.63) is 71.8 Å². The predicted octanol–water partition coefficient (Wildman–Crippen LogP) is 5.73. The van der Waals surface area contributed by atoms with E-state index < -0.39 is 0 Å². The van der Waals surface area contributed by atoms with Gasteiger partial charge in [0.15, 0.2) is 0 Å². The fraction of sp³-hybridized carbons (Fsp3) is 0.559. The van der Waals surface area contributed by atoms with Gasteiger partial charge in [0.1, 0.15) is 0 Å². The van der Waals surface area contributed by atoms with Gasteiger partial charge in [0.2, 0.25) is 17.7 Å². The minimum Gasteiger partial charge on any atom is -0.351 e. The molecule has 1 saturated heterocycles. The Balaban J connectivity index is 1.54. The van der Waals surface area contributed by atoms with Crippen LogP contribution in [0.25, 0.3) is 0 Å². The molecule has 2 fully saturated rings. The molecular weight excluding hydrogens is 498 g/mol. The summed E-state index contributed by atoms with van der Waals surface area (Å²) < 4.78 is 0. The summed E-state index contributed by atoms with van der Waals surface area (Å²) in [7, 11) is 0. The lowest BCUT2D eigenvalue weighted by Gasteiger charge is -2.37. The lowest BCUT2D eigenvalue weighted by Crippen LogP contribution is -2.51. The van der Waals surface area contributed by atoms with Crippen molar-refractivity contribution in [3.63, 3.8) is 0 Å². The third-order valence-electron chi connectivity index (χ3n) is 8.97. The van der Waals surface area contributed by atoms with E-state index in [0.717, 1.165) is 43.2 Å². The lowest BCUT2D eigenvalue weighted by molar-refractivity contribution is -0.135. The minimum absolute atomic E-state index is 0.0353. The number of nitrogens with zero attached hydrogens (tertiary/aromatic N) is 1. The Labute approximate surface area is 240 Å². The number of hydrogen-bond acceptors (Lipinski definition) is 3. The van der Waals surface area contributed by atoms with Crippen LogP contribution in [0.1, 0.15) is 83.4 Å². The van der Waals surface area contributed by atoms with E-state index in [1.807, 2.05) is 55.1 Å². The molecule has 5 atom stereocenters. The summed E-state index contributed by atoms with van der Waals surface area (Å²) in [5.41, 5.74) is 2.12. The second-order valence-electron chi connectivity index (χ2n) is 12.3. The maximum atomic E-state index is 14.0. The molecule has 4 rings (SSSR count). The maximum Gasteiger partial charge on any atom is 0.224 e. The zero-order valence-corrected chi connectivity index (χ0v) is 24.6. The molecule has 1 saturated carbocycles. The minimum atomic E-state index is -0.215. The number of nitrogens with one attached hydrogen (secondary N) is 2. The Morgan fingerprint density at radius 3 is 2.10 bits per heavy atom. The molecule has 2 aliphatic rings. The summed E-state index contributed by atoms with van der Waals surface area (Å²) in [6, 6.07) is 19.9. The molecule has 40 heavy (non-hydrogen) atoms. The quantitative estimate of drug-likeness (QED) is 0.422. The highest BCUT2D eigenvalue weighted by atomic mass is 16.2. The van der Waals surface area contributed by atoms with Crippen molar-refractivity contribution in [2.75, 3.05) is 13.1 Å².